The predicted octanol–water partition coefficient (Wildman–Crippen LogP) is 3.06. The molecular weight excluding hydrogens is 350 g/mol. The number of carbonyl (C=O) groups excluding carboxylic acids is 1. The molecule has 2 aliphatic rings. The summed E-state index contributed by atoms with van der Waals surface area (Å²) in [5, 5.41) is 3.18. The van der Waals surface area contributed by atoms with Crippen LogP contribution in [0.4, 0.5) is 0 Å². The van der Waals surface area contributed by atoms with Crippen molar-refractivity contribution in [2.75, 3.05) is 26.3 Å². The Labute approximate surface area is 167 Å². The van der Waals surface area contributed by atoms with Crippen molar-refractivity contribution in [3.63, 3.8) is 0 Å². The van der Waals surface area contributed by atoms with Crippen molar-refractivity contribution < 1.29 is 9.53 Å². The molecule has 0 aliphatic carbocycles. The first kappa shape index (κ1) is 19.1. The van der Waals surface area contributed by atoms with E-state index in [0.29, 0.717) is 19.1 Å². The lowest BCUT2D eigenvalue weighted by Crippen LogP contribution is -2.40. The number of hydrogen-bond donors (Lipinski definition) is 1. The van der Waals surface area contributed by atoms with E-state index >= 15 is 0 Å². The van der Waals surface area contributed by atoms with Gasteiger partial charge in [0.25, 0.3) is 5.91 Å². The Kier molecular flexibility index (Phi) is 6.34. The summed E-state index contributed by atoms with van der Waals surface area (Å²) in [5.74, 6) is 0.282. The lowest BCUT2D eigenvalue weighted by molar-refractivity contribution is 0.0925. The summed E-state index contributed by atoms with van der Waals surface area (Å²) in [6.07, 6.45) is 8.45. The normalized spacial score (nSPS) is 22.9. The molecule has 2 atom stereocenters. The molecule has 1 N–H and O–H groups in total. The van der Waals surface area contributed by atoms with Crippen molar-refractivity contribution in [2.24, 2.45) is 5.92 Å². The Morgan fingerprint density at radius 1 is 1.00 bits per heavy atom. The number of nitrogens with zero attached hydrogens (tertiary/aromatic N) is 2. The van der Waals surface area contributed by atoms with Crippen molar-refractivity contribution in [1.29, 1.82) is 0 Å². The van der Waals surface area contributed by atoms with E-state index in [1.807, 2.05) is 36.7 Å². The van der Waals surface area contributed by atoms with Crippen molar-refractivity contribution >= 4 is 5.91 Å². The minimum Gasteiger partial charge on any atom is -0.379 e. The van der Waals surface area contributed by atoms with E-state index < -0.39 is 0 Å². The Morgan fingerprint density at radius 3 is 2.50 bits per heavy atom. The molecule has 0 saturated carbocycles. The van der Waals surface area contributed by atoms with Crippen LogP contribution in [0.1, 0.15) is 40.7 Å². The number of rotatable bonds is 6. The van der Waals surface area contributed by atoms with Gasteiger partial charge >= 0.3 is 0 Å². The van der Waals surface area contributed by atoms with Crippen LogP contribution in [0, 0.1) is 5.92 Å². The minimum atomic E-state index is -0.0141. The molecule has 3 heterocycles. The molecule has 1 aromatic carbocycles. The Bertz CT molecular complexity index is 757. The summed E-state index contributed by atoms with van der Waals surface area (Å²) < 4.78 is 5.65. The van der Waals surface area contributed by atoms with E-state index in [9.17, 15) is 4.79 Å². The maximum absolute atomic E-state index is 12.7. The lowest BCUT2D eigenvalue weighted by Gasteiger charge is -2.26. The summed E-state index contributed by atoms with van der Waals surface area (Å²) >= 11 is 0. The molecule has 1 aromatic heterocycles. The summed E-state index contributed by atoms with van der Waals surface area (Å²) in [6.45, 7) is 4.61. The Hall–Kier alpha value is -2.24. The second-order valence-electron chi connectivity index (χ2n) is 7.97. The van der Waals surface area contributed by atoms with E-state index in [0.717, 1.165) is 18.5 Å². The summed E-state index contributed by atoms with van der Waals surface area (Å²) in [5.41, 5.74) is 3.22. The molecule has 28 heavy (non-hydrogen) atoms. The molecule has 2 fully saturated rings. The fraction of sp³-hybridized carbons (Fsp3) is 0.478. The highest BCUT2D eigenvalue weighted by atomic mass is 16.5. The molecule has 5 heteroatoms. The van der Waals surface area contributed by atoms with Gasteiger partial charge in [-0.1, -0.05) is 18.6 Å². The molecule has 2 saturated heterocycles. The average Bonchev–Trinajstić information content (AvgIpc) is 3.16. The fourth-order valence-corrected chi connectivity index (χ4v) is 4.17. The van der Waals surface area contributed by atoms with Crippen LogP contribution in [0.5, 0.6) is 0 Å². The predicted molar refractivity (Wildman–Crippen MR) is 109 cm³/mol. The van der Waals surface area contributed by atoms with Gasteiger partial charge in [-0.05, 0) is 67.7 Å². The van der Waals surface area contributed by atoms with E-state index in [-0.39, 0.29) is 11.9 Å². The molecule has 2 aromatic rings. The first-order valence-electron chi connectivity index (χ1n) is 10.4. The third kappa shape index (κ3) is 4.97. The number of piperidine rings is 1. The van der Waals surface area contributed by atoms with Gasteiger partial charge in [0.15, 0.2) is 0 Å². The highest BCUT2D eigenvalue weighted by molar-refractivity contribution is 5.94. The maximum atomic E-state index is 12.7. The molecule has 148 valence electrons. The van der Waals surface area contributed by atoms with Gasteiger partial charge < -0.3 is 10.1 Å². The average molecular weight is 380 g/mol. The molecule has 0 radical (unpaired) electrons. The number of amides is 1. The zero-order valence-corrected chi connectivity index (χ0v) is 16.3. The molecule has 4 rings (SSSR count). The monoisotopic (exact) mass is 379 g/mol. The van der Waals surface area contributed by atoms with Crippen molar-refractivity contribution in [1.82, 2.24) is 15.2 Å². The number of aromatic nitrogens is 1. The standard InChI is InChI=1S/C23H29N3O2/c27-23(20-6-4-19(5-7-20)15-26-12-2-1-3-13-26)25-22-17-28-16-21(22)14-18-8-10-24-11-9-18/h4-11,21-22H,1-3,12-17H2,(H,25,27)/t21-,22-/m1/s1. The summed E-state index contributed by atoms with van der Waals surface area (Å²) in [7, 11) is 0. The number of ether oxygens (including phenoxy) is 1. The van der Waals surface area contributed by atoms with E-state index in [2.05, 4.69) is 27.3 Å². The second kappa shape index (κ2) is 9.30. The van der Waals surface area contributed by atoms with Gasteiger partial charge in [-0.2, -0.15) is 0 Å². The van der Waals surface area contributed by atoms with Crippen LogP contribution in [0.2, 0.25) is 0 Å². The van der Waals surface area contributed by atoms with Crippen LogP contribution in [0.3, 0.4) is 0 Å². The molecule has 2 aliphatic heterocycles. The fourth-order valence-electron chi connectivity index (χ4n) is 4.17. The zero-order chi connectivity index (χ0) is 19.2. The van der Waals surface area contributed by atoms with Gasteiger partial charge in [0, 0.05) is 30.4 Å². The third-order valence-electron chi connectivity index (χ3n) is 5.83. The van der Waals surface area contributed by atoms with Crippen LogP contribution in [-0.2, 0) is 17.7 Å². The van der Waals surface area contributed by atoms with Gasteiger partial charge in [-0.15, -0.1) is 0 Å². The number of carbonyl (C=O) groups is 1. The van der Waals surface area contributed by atoms with E-state index in [1.54, 1.807) is 0 Å². The van der Waals surface area contributed by atoms with E-state index in [4.69, 9.17) is 4.74 Å². The lowest BCUT2D eigenvalue weighted by atomic mass is 9.95. The maximum Gasteiger partial charge on any atom is 0.251 e. The van der Waals surface area contributed by atoms with Crippen LogP contribution < -0.4 is 5.32 Å². The first-order valence-corrected chi connectivity index (χ1v) is 10.4. The molecule has 0 unspecified atom stereocenters. The van der Waals surface area contributed by atoms with Gasteiger partial charge in [0.05, 0.1) is 19.3 Å². The van der Waals surface area contributed by atoms with Gasteiger partial charge in [0.1, 0.15) is 0 Å². The minimum absolute atomic E-state index is 0.0141. The van der Waals surface area contributed by atoms with E-state index in [1.165, 1.54) is 43.5 Å². The number of nitrogens with one attached hydrogen (secondary N) is 1. The smallest absolute Gasteiger partial charge is 0.251 e. The van der Waals surface area contributed by atoms with Crippen molar-refractivity contribution in [2.45, 2.75) is 38.3 Å². The van der Waals surface area contributed by atoms with Crippen LogP contribution >= 0.6 is 0 Å². The number of hydrogen-bond acceptors (Lipinski definition) is 4. The summed E-state index contributed by atoms with van der Waals surface area (Å²) in [6, 6.07) is 12.2. The SMILES string of the molecule is O=C(N[C@@H]1COC[C@H]1Cc1ccncc1)c1ccc(CN2CCCCC2)cc1. The molecule has 5 nitrogen and oxygen atoms in total. The summed E-state index contributed by atoms with van der Waals surface area (Å²) in [4.78, 5) is 19.3. The number of likely N-dealkylation sites (tertiary alicyclic amines) is 1. The van der Waals surface area contributed by atoms with Crippen molar-refractivity contribution in [3.8, 4) is 0 Å². The highest BCUT2D eigenvalue weighted by Crippen LogP contribution is 2.20. The number of benzene rings is 1. The quantitative estimate of drug-likeness (QED) is 0.838. The molecular formula is C23H29N3O2. The second-order valence-corrected chi connectivity index (χ2v) is 7.97. The zero-order valence-electron chi connectivity index (χ0n) is 16.3. The van der Waals surface area contributed by atoms with Gasteiger partial charge in [0.2, 0.25) is 0 Å². The Morgan fingerprint density at radius 2 is 1.75 bits per heavy atom. The Balaban J connectivity index is 1.32. The molecule has 1 amide bonds. The third-order valence-corrected chi connectivity index (χ3v) is 5.83. The van der Waals surface area contributed by atoms with Gasteiger partial charge in [-0.25, -0.2) is 0 Å². The van der Waals surface area contributed by atoms with Crippen molar-refractivity contribution in [3.05, 3.63) is 65.5 Å². The van der Waals surface area contributed by atoms with Crippen LogP contribution in [0.25, 0.3) is 0 Å². The first-order chi connectivity index (χ1) is 13.8. The number of pyridine rings is 1. The van der Waals surface area contributed by atoms with Gasteiger partial charge in [-0.3, -0.25) is 14.7 Å². The van der Waals surface area contributed by atoms with Crippen LogP contribution in [0.15, 0.2) is 48.8 Å². The molecule has 0 bridgehead atoms. The highest BCUT2D eigenvalue weighted by Gasteiger charge is 2.29. The largest absolute Gasteiger partial charge is 0.379 e. The van der Waals surface area contributed by atoms with Crippen LogP contribution in [-0.4, -0.2) is 48.1 Å². The topological polar surface area (TPSA) is 54.5 Å². The molecule has 0 spiro atoms.